The second kappa shape index (κ2) is 8.01. The number of nitrogens with one attached hydrogen (secondary N) is 1. The Morgan fingerprint density at radius 3 is 2.50 bits per heavy atom. The minimum atomic E-state index is 0.00368. The van der Waals surface area contributed by atoms with Crippen LogP contribution in [0.4, 0.5) is 5.82 Å². The lowest BCUT2D eigenvalue weighted by Gasteiger charge is -2.32. The lowest BCUT2D eigenvalue weighted by molar-refractivity contribution is -0.134. The van der Waals surface area contributed by atoms with E-state index in [1.165, 1.54) is 0 Å². The van der Waals surface area contributed by atoms with Crippen molar-refractivity contribution in [2.75, 3.05) is 31.1 Å². The summed E-state index contributed by atoms with van der Waals surface area (Å²) in [4.78, 5) is 36.8. The van der Waals surface area contributed by atoms with E-state index in [4.69, 9.17) is 0 Å². The maximum Gasteiger partial charge on any atom is 0.223 e. The maximum absolute atomic E-state index is 12.8. The van der Waals surface area contributed by atoms with Crippen LogP contribution < -0.4 is 10.2 Å². The second-order valence-corrected chi connectivity index (χ2v) is 7.77. The van der Waals surface area contributed by atoms with Gasteiger partial charge in [-0.25, -0.2) is 4.98 Å². The molecule has 2 saturated heterocycles. The molecule has 0 spiro atoms. The predicted octanol–water partition coefficient (Wildman–Crippen LogP) is 1.31. The molecule has 0 bridgehead atoms. The van der Waals surface area contributed by atoms with Gasteiger partial charge in [0.05, 0.1) is 12.2 Å². The van der Waals surface area contributed by atoms with E-state index in [1.54, 1.807) is 25.5 Å². The van der Waals surface area contributed by atoms with Crippen molar-refractivity contribution >= 4 is 17.6 Å². The molecule has 2 amide bonds. The predicted molar refractivity (Wildman–Crippen MR) is 99.5 cm³/mol. The minimum Gasteiger partial charge on any atom is -0.353 e. The van der Waals surface area contributed by atoms with E-state index in [1.807, 2.05) is 4.90 Å². The van der Waals surface area contributed by atoms with E-state index >= 15 is 0 Å². The summed E-state index contributed by atoms with van der Waals surface area (Å²) in [6, 6.07) is 0.121. The molecule has 1 aromatic heterocycles. The van der Waals surface area contributed by atoms with Gasteiger partial charge in [-0.2, -0.15) is 0 Å². The third kappa shape index (κ3) is 4.14. The molecule has 2 aliphatic rings. The number of carbonyl (C=O) groups excluding carboxylic acids is 2. The van der Waals surface area contributed by atoms with E-state index in [0.717, 1.165) is 31.7 Å². The van der Waals surface area contributed by atoms with E-state index < -0.39 is 0 Å². The molecule has 2 fully saturated rings. The molecular weight excluding hydrogens is 330 g/mol. The number of amides is 2. The third-order valence-electron chi connectivity index (χ3n) is 5.73. The van der Waals surface area contributed by atoms with Crippen molar-refractivity contribution in [2.45, 2.75) is 39.7 Å². The quantitative estimate of drug-likeness (QED) is 0.877. The van der Waals surface area contributed by atoms with Gasteiger partial charge in [-0.15, -0.1) is 0 Å². The number of carbonyl (C=O) groups is 2. The number of hydrogen-bond acceptors (Lipinski definition) is 5. The highest BCUT2D eigenvalue weighted by Gasteiger charge is 2.37. The van der Waals surface area contributed by atoms with Crippen molar-refractivity contribution in [1.29, 1.82) is 0 Å². The van der Waals surface area contributed by atoms with Crippen LogP contribution in [0, 0.1) is 17.8 Å². The zero-order valence-electron chi connectivity index (χ0n) is 15.9. The topological polar surface area (TPSA) is 78.4 Å². The summed E-state index contributed by atoms with van der Waals surface area (Å²) in [7, 11) is 0. The average molecular weight is 359 g/mol. The Hall–Kier alpha value is -2.18. The Morgan fingerprint density at radius 1 is 1.19 bits per heavy atom. The second-order valence-electron chi connectivity index (χ2n) is 7.77. The van der Waals surface area contributed by atoms with Gasteiger partial charge in [0.1, 0.15) is 5.82 Å². The Morgan fingerprint density at radius 2 is 1.92 bits per heavy atom. The minimum absolute atomic E-state index is 0.00368. The summed E-state index contributed by atoms with van der Waals surface area (Å²) < 4.78 is 0. The molecule has 1 aromatic rings. The summed E-state index contributed by atoms with van der Waals surface area (Å²) in [5.41, 5.74) is 0. The van der Waals surface area contributed by atoms with Crippen molar-refractivity contribution in [3.63, 3.8) is 0 Å². The fourth-order valence-electron chi connectivity index (χ4n) is 4.06. The van der Waals surface area contributed by atoms with Gasteiger partial charge in [0.2, 0.25) is 11.8 Å². The largest absolute Gasteiger partial charge is 0.353 e. The zero-order valence-corrected chi connectivity index (χ0v) is 15.9. The molecule has 26 heavy (non-hydrogen) atoms. The number of likely N-dealkylation sites (tertiary alicyclic amines) is 1. The van der Waals surface area contributed by atoms with Gasteiger partial charge in [0, 0.05) is 57.3 Å². The number of hydrogen-bond donors (Lipinski definition) is 1. The van der Waals surface area contributed by atoms with Crippen LogP contribution in [-0.2, 0) is 9.59 Å². The third-order valence-corrected chi connectivity index (χ3v) is 5.73. The Bertz CT molecular complexity index is 628. The molecule has 0 aliphatic carbocycles. The SMILES string of the molecule is CC(=O)N1CCC(C(=O)N[C@H]2CN(c3cnccn3)C[C@@H]2C(C)C)CC1. The van der Waals surface area contributed by atoms with Crippen LogP contribution >= 0.6 is 0 Å². The molecule has 7 nitrogen and oxygen atoms in total. The Balaban J connectivity index is 1.60. The molecule has 1 N–H and O–H groups in total. The van der Waals surface area contributed by atoms with Crippen LogP contribution in [0.2, 0.25) is 0 Å². The molecular formula is C19H29N5O2. The Labute approximate surface area is 155 Å². The zero-order chi connectivity index (χ0) is 18.7. The van der Waals surface area contributed by atoms with Crippen molar-refractivity contribution in [1.82, 2.24) is 20.2 Å². The first-order valence-corrected chi connectivity index (χ1v) is 9.52. The van der Waals surface area contributed by atoms with Crippen LogP contribution in [0.5, 0.6) is 0 Å². The number of piperidine rings is 1. The molecule has 3 heterocycles. The highest BCUT2D eigenvalue weighted by molar-refractivity contribution is 5.80. The molecule has 2 aliphatic heterocycles. The molecule has 7 heteroatoms. The van der Waals surface area contributed by atoms with E-state index in [0.29, 0.717) is 24.9 Å². The van der Waals surface area contributed by atoms with Gasteiger partial charge in [-0.1, -0.05) is 13.8 Å². The molecule has 3 rings (SSSR count). The molecule has 142 valence electrons. The first-order valence-electron chi connectivity index (χ1n) is 9.52. The summed E-state index contributed by atoms with van der Waals surface area (Å²) in [5, 5.41) is 3.29. The van der Waals surface area contributed by atoms with Crippen LogP contribution in [0.3, 0.4) is 0 Å². The summed E-state index contributed by atoms with van der Waals surface area (Å²) in [5.74, 6) is 1.96. The maximum atomic E-state index is 12.8. The fourth-order valence-corrected chi connectivity index (χ4v) is 4.06. The first kappa shape index (κ1) is 18.6. The van der Waals surface area contributed by atoms with Crippen molar-refractivity contribution in [2.24, 2.45) is 17.8 Å². The summed E-state index contributed by atoms with van der Waals surface area (Å²) in [6.07, 6.45) is 6.65. The fraction of sp³-hybridized carbons (Fsp3) is 0.684. The van der Waals surface area contributed by atoms with E-state index in [2.05, 4.69) is 34.0 Å². The van der Waals surface area contributed by atoms with Crippen molar-refractivity contribution < 1.29 is 9.59 Å². The normalized spacial score (nSPS) is 24.2. The van der Waals surface area contributed by atoms with Gasteiger partial charge >= 0.3 is 0 Å². The smallest absolute Gasteiger partial charge is 0.223 e. The highest BCUT2D eigenvalue weighted by atomic mass is 16.2. The highest BCUT2D eigenvalue weighted by Crippen LogP contribution is 2.28. The molecule has 0 unspecified atom stereocenters. The van der Waals surface area contributed by atoms with Crippen LogP contribution in [-0.4, -0.2) is 58.9 Å². The summed E-state index contributed by atoms with van der Waals surface area (Å²) >= 11 is 0. The lowest BCUT2D eigenvalue weighted by atomic mass is 9.90. The van der Waals surface area contributed by atoms with Crippen molar-refractivity contribution in [3.05, 3.63) is 18.6 Å². The molecule has 0 saturated carbocycles. The molecule has 0 radical (unpaired) electrons. The Kier molecular flexibility index (Phi) is 5.74. The van der Waals surface area contributed by atoms with Gasteiger partial charge in [0.15, 0.2) is 0 Å². The number of aromatic nitrogens is 2. The van der Waals surface area contributed by atoms with Gasteiger partial charge < -0.3 is 15.1 Å². The molecule has 0 aromatic carbocycles. The number of rotatable bonds is 4. The standard InChI is InChI=1S/C19H29N5O2/c1-13(2)16-11-24(18-10-20-6-7-21-18)12-17(16)22-19(26)15-4-8-23(9-5-15)14(3)25/h6-7,10,13,15-17H,4-5,8-9,11-12H2,1-3H3,(H,22,26)/t16-,17+/m1/s1. The monoisotopic (exact) mass is 359 g/mol. The van der Waals surface area contributed by atoms with Crippen LogP contribution in [0.15, 0.2) is 18.6 Å². The molecule has 2 atom stereocenters. The van der Waals surface area contributed by atoms with E-state index in [9.17, 15) is 9.59 Å². The van der Waals surface area contributed by atoms with Gasteiger partial charge in [-0.3, -0.25) is 14.6 Å². The number of anilines is 1. The van der Waals surface area contributed by atoms with E-state index in [-0.39, 0.29) is 23.8 Å². The number of nitrogens with zero attached hydrogens (tertiary/aromatic N) is 4. The van der Waals surface area contributed by atoms with Gasteiger partial charge in [0.25, 0.3) is 0 Å². The first-order chi connectivity index (χ1) is 12.5. The average Bonchev–Trinajstić information content (AvgIpc) is 3.06. The summed E-state index contributed by atoms with van der Waals surface area (Å²) in [6.45, 7) is 9.00. The van der Waals surface area contributed by atoms with Crippen LogP contribution in [0.1, 0.15) is 33.6 Å². The van der Waals surface area contributed by atoms with Crippen molar-refractivity contribution in [3.8, 4) is 0 Å². The van der Waals surface area contributed by atoms with Gasteiger partial charge in [-0.05, 0) is 18.8 Å². The van der Waals surface area contributed by atoms with Crippen LogP contribution in [0.25, 0.3) is 0 Å². The lowest BCUT2D eigenvalue weighted by Crippen LogP contribution is -2.47.